The number of halogens is 2. The lowest BCUT2D eigenvalue weighted by atomic mass is 10.1. The molecule has 4 nitrogen and oxygen atoms in total. The molecular weight excluding hydrogens is 442 g/mol. The minimum Gasteiger partial charge on any atom is -0.332 e. The molecule has 0 saturated heterocycles. The number of benzene rings is 2. The first-order chi connectivity index (χ1) is 15.8. The molecule has 0 aliphatic carbocycles. The van der Waals surface area contributed by atoms with Crippen molar-refractivity contribution in [2.75, 3.05) is 6.54 Å². The Hall–Kier alpha value is -3.06. The van der Waals surface area contributed by atoms with Crippen molar-refractivity contribution in [2.24, 2.45) is 0 Å². The van der Waals surface area contributed by atoms with Gasteiger partial charge in [0, 0.05) is 27.9 Å². The maximum absolute atomic E-state index is 13.4. The number of carbonyl (C=O) groups excluding carboxylic acids is 2. The molecule has 0 radical (unpaired) electrons. The highest BCUT2D eigenvalue weighted by Crippen LogP contribution is 2.20. The van der Waals surface area contributed by atoms with E-state index < -0.39 is 5.82 Å². The summed E-state index contributed by atoms with van der Waals surface area (Å²) in [7, 11) is 0. The maximum Gasteiger partial charge on any atom is 0.254 e. The second kappa shape index (κ2) is 11.2. The van der Waals surface area contributed by atoms with Crippen LogP contribution in [0, 0.1) is 18.6 Å². The number of hydrogen-bond donors (Lipinski definition) is 0. The van der Waals surface area contributed by atoms with Crippen molar-refractivity contribution >= 4 is 23.2 Å². The molecule has 2 amide bonds. The molecular formula is C26H28F2N2O2S. The van der Waals surface area contributed by atoms with Crippen LogP contribution in [0.4, 0.5) is 8.78 Å². The maximum atomic E-state index is 13.4. The Morgan fingerprint density at radius 2 is 1.52 bits per heavy atom. The minimum absolute atomic E-state index is 0.100. The first-order valence-corrected chi connectivity index (χ1v) is 11.7. The Morgan fingerprint density at radius 3 is 2.06 bits per heavy atom. The van der Waals surface area contributed by atoms with Gasteiger partial charge < -0.3 is 9.80 Å². The molecule has 0 spiro atoms. The molecule has 0 bridgehead atoms. The smallest absolute Gasteiger partial charge is 0.254 e. The molecule has 3 aromatic rings. The van der Waals surface area contributed by atoms with E-state index in [1.165, 1.54) is 41.3 Å². The molecule has 0 N–H and O–H groups in total. The van der Waals surface area contributed by atoms with E-state index in [4.69, 9.17) is 0 Å². The lowest BCUT2D eigenvalue weighted by Crippen LogP contribution is -2.46. The monoisotopic (exact) mass is 470 g/mol. The highest BCUT2D eigenvalue weighted by Gasteiger charge is 2.26. The predicted octanol–water partition coefficient (Wildman–Crippen LogP) is 5.80. The third-order valence-electron chi connectivity index (χ3n) is 5.56. The number of nitrogens with zero attached hydrogens (tertiary/aromatic N) is 2. The van der Waals surface area contributed by atoms with Crippen LogP contribution in [0.1, 0.15) is 45.9 Å². The number of carbonyl (C=O) groups is 2. The zero-order valence-corrected chi connectivity index (χ0v) is 19.9. The Kier molecular flexibility index (Phi) is 8.33. The predicted molar refractivity (Wildman–Crippen MR) is 127 cm³/mol. The van der Waals surface area contributed by atoms with Crippen LogP contribution in [0.15, 0.2) is 60.7 Å². The van der Waals surface area contributed by atoms with Crippen molar-refractivity contribution in [2.45, 2.75) is 46.3 Å². The molecule has 33 heavy (non-hydrogen) atoms. The van der Waals surface area contributed by atoms with Gasteiger partial charge in [0.2, 0.25) is 5.91 Å². The van der Waals surface area contributed by atoms with E-state index in [1.807, 2.05) is 32.9 Å². The van der Waals surface area contributed by atoms with E-state index in [1.54, 1.807) is 28.4 Å². The topological polar surface area (TPSA) is 40.6 Å². The fraction of sp³-hybridized carbons (Fsp3) is 0.308. The molecule has 1 unspecified atom stereocenters. The van der Waals surface area contributed by atoms with Crippen LogP contribution in [0.25, 0.3) is 0 Å². The number of hydrogen-bond acceptors (Lipinski definition) is 3. The summed E-state index contributed by atoms with van der Waals surface area (Å²) in [5.41, 5.74) is 1.14. The van der Waals surface area contributed by atoms with Crippen LogP contribution in [0.3, 0.4) is 0 Å². The quantitative estimate of drug-likeness (QED) is 0.396. The molecule has 1 atom stereocenters. The third-order valence-corrected chi connectivity index (χ3v) is 6.55. The van der Waals surface area contributed by atoms with Gasteiger partial charge in [0.1, 0.15) is 18.2 Å². The molecule has 3 rings (SSSR count). The lowest BCUT2D eigenvalue weighted by Gasteiger charge is -2.31. The zero-order valence-electron chi connectivity index (χ0n) is 19.1. The fourth-order valence-electron chi connectivity index (χ4n) is 3.45. The van der Waals surface area contributed by atoms with E-state index in [-0.39, 0.29) is 30.2 Å². The van der Waals surface area contributed by atoms with Gasteiger partial charge in [0.25, 0.3) is 5.91 Å². The van der Waals surface area contributed by atoms with Crippen molar-refractivity contribution in [1.82, 2.24) is 9.80 Å². The average molecular weight is 471 g/mol. The Labute approximate surface area is 197 Å². The van der Waals surface area contributed by atoms with E-state index in [0.29, 0.717) is 25.1 Å². The van der Waals surface area contributed by atoms with Gasteiger partial charge in [-0.2, -0.15) is 0 Å². The molecule has 1 aromatic heterocycles. The van der Waals surface area contributed by atoms with E-state index in [9.17, 15) is 18.4 Å². The fourth-order valence-corrected chi connectivity index (χ4v) is 4.36. The third kappa shape index (κ3) is 6.71. The van der Waals surface area contributed by atoms with Gasteiger partial charge in [-0.05, 0) is 74.4 Å². The molecule has 0 aliphatic heterocycles. The van der Waals surface area contributed by atoms with Gasteiger partial charge in [0.15, 0.2) is 0 Å². The van der Waals surface area contributed by atoms with Crippen LogP contribution in [-0.2, 0) is 17.9 Å². The summed E-state index contributed by atoms with van der Waals surface area (Å²) in [6, 6.07) is 15.2. The van der Waals surface area contributed by atoms with Gasteiger partial charge in [0.05, 0.1) is 6.54 Å². The van der Waals surface area contributed by atoms with Gasteiger partial charge in [-0.15, -0.1) is 11.3 Å². The summed E-state index contributed by atoms with van der Waals surface area (Å²) in [5, 5.41) is 0. The van der Waals surface area contributed by atoms with Crippen molar-refractivity contribution < 1.29 is 18.4 Å². The van der Waals surface area contributed by atoms with E-state index >= 15 is 0 Å². The molecule has 2 aromatic carbocycles. The van der Waals surface area contributed by atoms with Crippen molar-refractivity contribution in [1.29, 1.82) is 0 Å². The van der Waals surface area contributed by atoms with Crippen molar-refractivity contribution in [3.8, 4) is 0 Å². The SMILES string of the molecule is CCC(C)N(CC(=O)N(Cc1ccc(F)cc1)Cc1ccc(C)s1)C(=O)c1ccc(F)cc1. The second-order valence-corrected chi connectivity index (χ2v) is 9.46. The highest BCUT2D eigenvalue weighted by atomic mass is 32.1. The Morgan fingerprint density at radius 1 is 0.909 bits per heavy atom. The standard InChI is InChI=1S/C26H28F2N2O2S/c1-4-18(2)30(26(32)21-8-12-23(28)13-9-21)17-25(31)29(16-24-14-5-19(3)33-24)15-20-6-10-22(27)11-7-20/h5-14,18H,4,15-17H2,1-3H3. The van der Waals surface area contributed by atoms with Gasteiger partial charge >= 0.3 is 0 Å². The van der Waals surface area contributed by atoms with E-state index in [2.05, 4.69) is 0 Å². The van der Waals surface area contributed by atoms with Crippen LogP contribution < -0.4 is 0 Å². The molecule has 0 aliphatic rings. The Balaban J connectivity index is 1.83. The minimum atomic E-state index is -0.422. The summed E-state index contributed by atoms with van der Waals surface area (Å²) in [6.45, 7) is 6.44. The Bertz CT molecular complexity index is 1080. The molecule has 7 heteroatoms. The van der Waals surface area contributed by atoms with E-state index in [0.717, 1.165) is 15.3 Å². The lowest BCUT2D eigenvalue weighted by molar-refractivity contribution is -0.133. The zero-order chi connectivity index (χ0) is 24.0. The summed E-state index contributed by atoms with van der Waals surface area (Å²) in [6.07, 6.45) is 0.669. The van der Waals surface area contributed by atoms with Crippen LogP contribution >= 0.6 is 11.3 Å². The van der Waals surface area contributed by atoms with Crippen LogP contribution in [0.5, 0.6) is 0 Å². The number of aryl methyl sites for hydroxylation is 1. The average Bonchev–Trinajstić information content (AvgIpc) is 3.22. The summed E-state index contributed by atoms with van der Waals surface area (Å²) < 4.78 is 26.7. The van der Waals surface area contributed by atoms with Crippen LogP contribution in [0.2, 0.25) is 0 Å². The van der Waals surface area contributed by atoms with Crippen LogP contribution in [-0.4, -0.2) is 34.2 Å². The second-order valence-electron chi connectivity index (χ2n) is 8.09. The number of thiophene rings is 1. The summed E-state index contributed by atoms with van der Waals surface area (Å²) in [4.78, 5) is 32.0. The molecule has 1 heterocycles. The summed E-state index contributed by atoms with van der Waals surface area (Å²) >= 11 is 1.61. The molecule has 0 fully saturated rings. The van der Waals surface area contributed by atoms with Crippen molar-refractivity contribution in [3.05, 3.63) is 93.2 Å². The molecule has 174 valence electrons. The normalized spacial score (nSPS) is 11.8. The highest BCUT2D eigenvalue weighted by molar-refractivity contribution is 7.11. The first kappa shape index (κ1) is 24.6. The summed E-state index contributed by atoms with van der Waals surface area (Å²) in [5.74, 6) is -1.28. The first-order valence-electron chi connectivity index (χ1n) is 10.9. The largest absolute Gasteiger partial charge is 0.332 e. The van der Waals surface area contributed by atoms with Gasteiger partial charge in [-0.3, -0.25) is 9.59 Å². The van der Waals surface area contributed by atoms with Gasteiger partial charge in [-0.25, -0.2) is 8.78 Å². The van der Waals surface area contributed by atoms with Gasteiger partial charge in [-0.1, -0.05) is 19.1 Å². The molecule has 0 saturated carbocycles. The van der Waals surface area contributed by atoms with Crippen molar-refractivity contribution in [3.63, 3.8) is 0 Å². The number of amides is 2. The number of rotatable bonds is 9.